The van der Waals surface area contributed by atoms with Gasteiger partial charge >= 0.3 is 0 Å². The molecule has 2 heterocycles. The van der Waals surface area contributed by atoms with E-state index in [0.29, 0.717) is 17.4 Å². The average molecular weight is 245 g/mol. The zero-order valence-corrected chi connectivity index (χ0v) is 9.65. The fourth-order valence-corrected chi connectivity index (χ4v) is 1.46. The van der Waals surface area contributed by atoms with Crippen molar-refractivity contribution in [2.24, 2.45) is 0 Å². The predicted octanol–water partition coefficient (Wildman–Crippen LogP) is 2.61. The van der Waals surface area contributed by atoms with E-state index in [2.05, 4.69) is 15.3 Å². The lowest BCUT2D eigenvalue weighted by Gasteiger charge is -2.05. The molecular weight excluding hydrogens is 236 g/mol. The van der Waals surface area contributed by atoms with Gasteiger partial charge in [0.25, 0.3) is 0 Å². The highest BCUT2D eigenvalue weighted by Gasteiger charge is 2.02. The summed E-state index contributed by atoms with van der Waals surface area (Å²) in [5, 5.41) is 12.3. The Hall–Kier alpha value is -2.12. The minimum absolute atomic E-state index is 0.228. The van der Waals surface area contributed by atoms with Crippen LogP contribution in [0.2, 0.25) is 5.02 Å². The number of aromatic nitrogens is 2. The number of nitrogens with zero attached hydrogens (tertiary/aromatic N) is 3. The maximum atomic E-state index is 8.80. The second-order valence-corrected chi connectivity index (χ2v) is 3.75. The molecule has 17 heavy (non-hydrogen) atoms. The normalized spacial score (nSPS) is 9.65. The molecule has 0 fully saturated rings. The number of rotatable bonds is 3. The molecule has 1 N–H and O–H groups in total. The highest BCUT2D eigenvalue weighted by atomic mass is 35.5. The van der Waals surface area contributed by atoms with Crippen molar-refractivity contribution in [2.45, 2.75) is 6.54 Å². The van der Waals surface area contributed by atoms with Crippen molar-refractivity contribution >= 4 is 17.4 Å². The SMILES string of the molecule is N#Cc1nc(NCc2ccncc2)ccc1Cl. The molecule has 0 saturated carbocycles. The van der Waals surface area contributed by atoms with Crippen molar-refractivity contribution in [3.63, 3.8) is 0 Å². The minimum atomic E-state index is 0.228. The van der Waals surface area contributed by atoms with E-state index in [9.17, 15) is 0 Å². The number of nitrogens with one attached hydrogen (secondary N) is 1. The largest absolute Gasteiger partial charge is 0.366 e. The summed E-state index contributed by atoms with van der Waals surface area (Å²) < 4.78 is 0. The summed E-state index contributed by atoms with van der Waals surface area (Å²) in [5.74, 6) is 0.628. The van der Waals surface area contributed by atoms with Gasteiger partial charge in [-0.15, -0.1) is 0 Å². The van der Waals surface area contributed by atoms with Gasteiger partial charge in [-0.3, -0.25) is 4.98 Å². The lowest BCUT2D eigenvalue weighted by Crippen LogP contribution is -2.02. The molecule has 0 spiro atoms. The Morgan fingerprint density at radius 2 is 2.00 bits per heavy atom. The Morgan fingerprint density at radius 3 is 2.71 bits per heavy atom. The van der Waals surface area contributed by atoms with E-state index in [0.717, 1.165) is 5.56 Å². The number of pyridine rings is 2. The first-order valence-electron chi connectivity index (χ1n) is 4.99. The second-order valence-electron chi connectivity index (χ2n) is 3.35. The predicted molar refractivity (Wildman–Crippen MR) is 65.5 cm³/mol. The first-order valence-corrected chi connectivity index (χ1v) is 5.37. The summed E-state index contributed by atoms with van der Waals surface area (Å²) in [6, 6.07) is 9.16. The fourth-order valence-electron chi connectivity index (χ4n) is 1.31. The van der Waals surface area contributed by atoms with E-state index >= 15 is 0 Å². The number of nitriles is 1. The summed E-state index contributed by atoms with van der Waals surface area (Å²) in [6.45, 7) is 0.627. The van der Waals surface area contributed by atoms with Crippen LogP contribution in [0.1, 0.15) is 11.3 Å². The molecule has 0 aromatic carbocycles. The molecule has 0 aliphatic carbocycles. The van der Waals surface area contributed by atoms with Crippen LogP contribution in [0, 0.1) is 11.3 Å². The van der Waals surface area contributed by atoms with E-state index in [-0.39, 0.29) is 5.69 Å². The van der Waals surface area contributed by atoms with Gasteiger partial charge in [0, 0.05) is 18.9 Å². The van der Waals surface area contributed by atoms with E-state index in [1.54, 1.807) is 24.5 Å². The standard InChI is InChI=1S/C12H9ClN4/c13-10-1-2-12(17-11(10)7-14)16-8-9-3-5-15-6-4-9/h1-6H,8H2,(H,16,17). The van der Waals surface area contributed by atoms with E-state index in [1.165, 1.54) is 0 Å². The van der Waals surface area contributed by atoms with Crippen LogP contribution in [0.25, 0.3) is 0 Å². The monoisotopic (exact) mass is 244 g/mol. The third-order valence-corrected chi connectivity index (χ3v) is 2.48. The zero-order valence-electron chi connectivity index (χ0n) is 8.89. The van der Waals surface area contributed by atoms with Gasteiger partial charge in [-0.2, -0.15) is 5.26 Å². The van der Waals surface area contributed by atoms with E-state index < -0.39 is 0 Å². The topological polar surface area (TPSA) is 61.6 Å². The van der Waals surface area contributed by atoms with Crippen LogP contribution in [0.15, 0.2) is 36.7 Å². The Balaban J connectivity index is 2.08. The van der Waals surface area contributed by atoms with Gasteiger partial charge in [0.15, 0.2) is 5.69 Å². The first kappa shape index (κ1) is 11.4. The van der Waals surface area contributed by atoms with Crippen molar-refractivity contribution < 1.29 is 0 Å². The van der Waals surface area contributed by atoms with Crippen molar-refractivity contribution in [2.75, 3.05) is 5.32 Å². The van der Waals surface area contributed by atoms with Crippen molar-refractivity contribution in [3.05, 3.63) is 52.9 Å². The highest BCUT2D eigenvalue weighted by Crippen LogP contribution is 2.16. The first-order chi connectivity index (χ1) is 8.29. The molecule has 2 aromatic heterocycles. The van der Waals surface area contributed by atoms with Gasteiger partial charge in [-0.1, -0.05) is 11.6 Å². The number of anilines is 1. The smallest absolute Gasteiger partial charge is 0.161 e. The van der Waals surface area contributed by atoms with E-state index in [4.69, 9.17) is 16.9 Å². The van der Waals surface area contributed by atoms with Gasteiger partial charge in [-0.05, 0) is 29.8 Å². The van der Waals surface area contributed by atoms with Crippen LogP contribution in [-0.2, 0) is 6.54 Å². The molecule has 0 saturated heterocycles. The molecule has 0 bridgehead atoms. The van der Waals surface area contributed by atoms with Crippen LogP contribution in [0.3, 0.4) is 0 Å². The van der Waals surface area contributed by atoms with Crippen LogP contribution in [0.4, 0.5) is 5.82 Å². The summed E-state index contributed by atoms with van der Waals surface area (Å²) in [6.07, 6.45) is 3.46. The van der Waals surface area contributed by atoms with Gasteiger partial charge in [-0.25, -0.2) is 4.98 Å². The maximum Gasteiger partial charge on any atom is 0.161 e. The molecule has 0 aliphatic rings. The van der Waals surface area contributed by atoms with Crippen LogP contribution in [-0.4, -0.2) is 9.97 Å². The molecule has 0 amide bonds. The second kappa shape index (κ2) is 5.28. The Bertz CT molecular complexity index is 548. The third kappa shape index (κ3) is 2.92. The van der Waals surface area contributed by atoms with Gasteiger partial charge in [0.2, 0.25) is 0 Å². The minimum Gasteiger partial charge on any atom is -0.366 e. The molecule has 0 unspecified atom stereocenters. The number of hydrogen-bond acceptors (Lipinski definition) is 4. The zero-order chi connectivity index (χ0) is 12.1. The summed E-state index contributed by atoms with van der Waals surface area (Å²) >= 11 is 5.79. The summed E-state index contributed by atoms with van der Waals surface area (Å²) in [7, 11) is 0. The van der Waals surface area contributed by atoms with E-state index in [1.807, 2.05) is 18.2 Å². The van der Waals surface area contributed by atoms with Crippen LogP contribution < -0.4 is 5.32 Å². The van der Waals surface area contributed by atoms with Crippen LogP contribution in [0.5, 0.6) is 0 Å². The fraction of sp³-hybridized carbons (Fsp3) is 0.0833. The number of hydrogen-bond donors (Lipinski definition) is 1. The highest BCUT2D eigenvalue weighted by molar-refractivity contribution is 6.31. The van der Waals surface area contributed by atoms with Gasteiger partial charge in [0.1, 0.15) is 11.9 Å². The maximum absolute atomic E-state index is 8.80. The molecule has 0 radical (unpaired) electrons. The molecule has 2 rings (SSSR count). The van der Waals surface area contributed by atoms with Crippen molar-refractivity contribution in [1.29, 1.82) is 5.26 Å². The average Bonchev–Trinajstić information content (AvgIpc) is 2.39. The number of halogens is 1. The molecule has 5 heteroatoms. The summed E-state index contributed by atoms with van der Waals surface area (Å²) in [4.78, 5) is 8.02. The quantitative estimate of drug-likeness (QED) is 0.902. The van der Waals surface area contributed by atoms with Gasteiger partial charge in [0.05, 0.1) is 5.02 Å². The van der Waals surface area contributed by atoms with Crippen molar-refractivity contribution in [1.82, 2.24) is 9.97 Å². The summed E-state index contributed by atoms with van der Waals surface area (Å²) in [5.41, 5.74) is 1.32. The molecule has 4 nitrogen and oxygen atoms in total. The third-order valence-electron chi connectivity index (χ3n) is 2.17. The Labute approximate surface area is 104 Å². The lowest BCUT2D eigenvalue weighted by molar-refractivity contribution is 1.09. The molecule has 2 aromatic rings. The Morgan fingerprint density at radius 1 is 1.24 bits per heavy atom. The van der Waals surface area contributed by atoms with Gasteiger partial charge < -0.3 is 5.32 Å². The molecule has 0 aliphatic heterocycles. The van der Waals surface area contributed by atoms with Crippen molar-refractivity contribution in [3.8, 4) is 6.07 Å². The molecule has 0 atom stereocenters. The van der Waals surface area contributed by atoms with Crippen LogP contribution >= 0.6 is 11.6 Å². The Kier molecular flexibility index (Phi) is 3.53. The molecular formula is C12H9ClN4. The lowest BCUT2D eigenvalue weighted by atomic mass is 10.2. The molecule has 84 valence electrons.